The van der Waals surface area contributed by atoms with Gasteiger partial charge in [0.15, 0.2) is 0 Å². The summed E-state index contributed by atoms with van der Waals surface area (Å²) in [6, 6.07) is 11.2. The van der Waals surface area contributed by atoms with Crippen LogP contribution in [0.4, 0.5) is 14.6 Å². The van der Waals surface area contributed by atoms with Crippen molar-refractivity contribution in [2.45, 2.75) is 55.9 Å². The monoisotopic (exact) mass is 560 g/mol. The lowest BCUT2D eigenvalue weighted by Crippen LogP contribution is -2.51. The molecule has 0 amide bonds. The average molecular weight is 561 g/mol. The second-order valence-electron chi connectivity index (χ2n) is 12.4. The number of benzene rings is 2. The minimum absolute atomic E-state index is 0.0699. The van der Waals surface area contributed by atoms with Gasteiger partial charge < -0.3 is 24.6 Å². The average Bonchev–Trinajstić information content (AvgIpc) is 3.67. The third-order valence-corrected chi connectivity index (χ3v) is 9.78. The summed E-state index contributed by atoms with van der Waals surface area (Å²) in [5.41, 5.74) is 1.69. The normalized spacial score (nSPS) is 27.8. The van der Waals surface area contributed by atoms with Crippen LogP contribution in [-0.4, -0.2) is 81.1 Å². The number of aryl methyl sites for hydroxylation is 1. The van der Waals surface area contributed by atoms with Crippen LogP contribution < -0.4 is 15.0 Å². The first-order valence-electron chi connectivity index (χ1n) is 14.7. The molecule has 4 atom stereocenters. The lowest BCUT2D eigenvalue weighted by atomic mass is 9.95. The lowest BCUT2D eigenvalue weighted by Gasteiger charge is -2.34. The highest BCUT2D eigenvalue weighted by Crippen LogP contribution is 2.42. The van der Waals surface area contributed by atoms with Crippen LogP contribution in [0.3, 0.4) is 0 Å². The van der Waals surface area contributed by atoms with Crippen molar-refractivity contribution >= 4 is 27.6 Å². The third-order valence-electron chi connectivity index (χ3n) is 9.78. The van der Waals surface area contributed by atoms with Crippen LogP contribution in [0.5, 0.6) is 11.8 Å². The fourth-order valence-corrected chi connectivity index (χ4v) is 7.91. The molecule has 8 rings (SSSR count). The lowest BCUT2D eigenvalue weighted by molar-refractivity contribution is 0.107. The first-order valence-corrected chi connectivity index (χ1v) is 14.7. The number of aromatic hydroxyl groups is 1. The number of nitrogens with zero attached hydrogens (tertiary/aromatic N) is 5. The number of phenols is 1. The van der Waals surface area contributed by atoms with Crippen molar-refractivity contribution in [3.05, 3.63) is 42.2 Å². The second kappa shape index (κ2) is 9.25. The molecule has 0 saturated carbocycles. The quantitative estimate of drug-likeness (QED) is 0.372. The zero-order valence-corrected chi connectivity index (χ0v) is 23.1. The van der Waals surface area contributed by atoms with E-state index in [4.69, 9.17) is 14.7 Å². The summed E-state index contributed by atoms with van der Waals surface area (Å²) in [4.78, 5) is 14.4. The number of hydrogen-bond donors (Lipinski definition) is 2. The zero-order valence-electron chi connectivity index (χ0n) is 23.1. The maximum absolute atomic E-state index is 15.2. The van der Waals surface area contributed by atoms with Crippen molar-refractivity contribution in [3.63, 3.8) is 0 Å². The van der Waals surface area contributed by atoms with Gasteiger partial charge in [-0.05, 0) is 61.9 Å². The van der Waals surface area contributed by atoms with E-state index >= 15 is 4.39 Å². The number of ether oxygens (including phenoxy) is 1. The van der Waals surface area contributed by atoms with Gasteiger partial charge in [0, 0.05) is 56.1 Å². The summed E-state index contributed by atoms with van der Waals surface area (Å²) < 4.78 is 37.9. The molecule has 10 heteroatoms. The van der Waals surface area contributed by atoms with Gasteiger partial charge in [-0.2, -0.15) is 9.97 Å². The summed E-state index contributed by atoms with van der Waals surface area (Å²) in [7, 11) is 1.90. The van der Waals surface area contributed by atoms with E-state index in [-0.39, 0.29) is 23.1 Å². The maximum Gasteiger partial charge on any atom is 0.320 e. The topological polar surface area (TPSA) is 78.7 Å². The van der Waals surface area contributed by atoms with E-state index in [9.17, 15) is 9.50 Å². The molecule has 0 spiro atoms. The molecule has 4 aliphatic rings. The van der Waals surface area contributed by atoms with Gasteiger partial charge in [0.25, 0.3) is 0 Å². The van der Waals surface area contributed by atoms with Crippen molar-refractivity contribution in [1.29, 1.82) is 0 Å². The van der Waals surface area contributed by atoms with Crippen LogP contribution in [0, 0.1) is 5.82 Å². The largest absolute Gasteiger partial charge is 0.508 e. The molecule has 4 saturated heterocycles. The van der Waals surface area contributed by atoms with Gasteiger partial charge >= 0.3 is 6.01 Å². The Morgan fingerprint density at radius 2 is 1.95 bits per heavy atom. The van der Waals surface area contributed by atoms with Crippen LogP contribution in [0.2, 0.25) is 0 Å². The molecule has 2 bridgehead atoms. The van der Waals surface area contributed by atoms with Crippen LogP contribution in [-0.2, 0) is 7.05 Å². The number of piperazine rings is 1. The zero-order chi connectivity index (χ0) is 27.9. The van der Waals surface area contributed by atoms with Crippen molar-refractivity contribution in [1.82, 2.24) is 24.8 Å². The second-order valence-corrected chi connectivity index (χ2v) is 12.4. The van der Waals surface area contributed by atoms with Crippen molar-refractivity contribution < 1.29 is 18.6 Å². The minimum Gasteiger partial charge on any atom is -0.508 e. The molecule has 2 aromatic carbocycles. The molecule has 4 aromatic rings. The fourth-order valence-electron chi connectivity index (χ4n) is 7.91. The highest BCUT2D eigenvalue weighted by atomic mass is 19.1. The van der Waals surface area contributed by atoms with E-state index in [0.29, 0.717) is 53.6 Å². The molecule has 4 aliphatic heterocycles. The summed E-state index contributed by atoms with van der Waals surface area (Å²) in [5.74, 6) is 0.520. The number of anilines is 1. The molecule has 2 N–H and O–H groups in total. The highest BCUT2D eigenvalue weighted by Gasteiger charge is 2.49. The van der Waals surface area contributed by atoms with E-state index in [1.54, 1.807) is 24.3 Å². The van der Waals surface area contributed by atoms with E-state index in [1.165, 1.54) is 6.07 Å². The molecule has 4 fully saturated rings. The Kier molecular flexibility index (Phi) is 5.69. The SMILES string of the molecule is Cn1c(-c2cc(O)cc3cccc(F)c23)cc2c(N3CC4CCC(C3)N4)nc(OC[C@@]34CCCN3C[C@H](F)C4)nc21. The summed E-state index contributed by atoms with van der Waals surface area (Å²) >= 11 is 0. The molecule has 0 radical (unpaired) electrons. The minimum atomic E-state index is -0.831. The number of hydrogen-bond acceptors (Lipinski definition) is 7. The number of aromatic nitrogens is 3. The number of alkyl halides is 1. The predicted molar refractivity (Wildman–Crippen MR) is 154 cm³/mol. The van der Waals surface area contributed by atoms with Crippen molar-refractivity contribution in [2.24, 2.45) is 7.05 Å². The summed E-state index contributed by atoms with van der Waals surface area (Å²) in [6.45, 7) is 3.38. The van der Waals surface area contributed by atoms with Crippen LogP contribution in [0.15, 0.2) is 36.4 Å². The van der Waals surface area contributed by atoms with Crippen LogP contribution >= 0.6 is 0 Å². The van der Waals surface area contributed by atoms with Crippen molar-refractivity contribution in [3.8, 4) is 23.0 Å². The molecule has 2 aromatic heterocycles. The molecule has 0 aliphatic carbocycles. The van der Waals surface area contributed by atoms with E-state index < -0.39 is 6.17 Å². The molecular formula is C31H34F2N6O2. The van der Waals surface area contributed by atoms with Gasteiger partial charge in [0.1, 0.15) is 35.8 Å². The first kappa shape index (κ1) is 25.2. The Hall–Kier alpha value is -3.50. The van der Waals surface area contributed by atoms with Gasteiger partial charge in [0.2, 0.25) is 0 Å². The molecule has 2 unspecified atom stereocenters. The summed E-state index contributed by atoms with van der Waals surface area (Å²) in [6.07, 6.45) is 3.87. The number of nitrogens with one attached hydrogen (secondary N) is 1. The molecule has 6 heterocycles. The van der Waals surface area contributed by atoms with Crippen LogP contribution in [0.25, 0.3) is 33.1 Å². The van der Waals surface area contributed by atoms with Gasteiger partial charge in [-0.25, -0.2) is 8.78 Å². The maximum atomic E-state index is 15.2. The van der Waals surface area contributed by atoms with Gasteiger partial charge in [-0.1, -0.05) is 12.1 Å². The van der Waals surface area contributed by atoms with E-state index in [2.05, 4.69) is 15.1 Å². The smallest absolute Gasteiger partial charge is 0.320 e. The Balaban J connectivity index is 1.25. The number of phenolic OH excluding ortho intramolecular Hbond substituents is 1. The third kappa shape index (κ3) is 4.06. The number of rotatable bonds is 5. The molecule has 214 valence electrons. The summed E-state index contributed by atoms with van der Waals surface area (Å²) in [5, 5.41) is 16.2. The van der Waals surface area contributed by atoms with Gasteiger partial charge in [0.05, 0.1) is 16.6 Å². The molecule has 41 heavy (non-hydrogen) atoms. The standard InChI is InChI=1S/C31H34F2N6O2/c1-37-26(23-11-22(40)10-18-4-2-5-25(33)27(18)23)12-24-28(37)35-30(36-29(24)38-15-20-6-7-21(16-38)34-20)41-17-31-8-3-9-39(31)14-19(32)13-31/h2,4-5,10-12,19-21,34,40H,3,6-9,13-17H2,1H3/t19-,20?,21?,31+/m1/s1. The Morgan fingerprint density at radius 1 is 1.12 bits per heavy atom. The Bertz CT molecular complexity index is 1660. The van der Waals surface area contributed by atoms with Gasteiger partial charge in [-0.15, -0.1) is 0 Å². The Labute approximate surface area is 236 Å². The van der Waals surface area contributed by atoms with Crippen molar-refractivity contribution in [2.75, 3.05) is 37.7 Å². The predicted octanol–water partition coefficient (Wildman–Crippen LogP) is 4.53. The fraction of sp³-hybridized carbons (Fsp3) is 0.484. The molecule has 8 nitrogen and oxygen atoms in total. The van der Waals surface area contributed by atoms with E-state index in [1.807, 2.05) is 17.7 Å². The highest BCUT2D eigenvalue weighted by molar-refractivity contribution is 6.01. The number of halogens is 2. The number of fused-ring (bicyclic) bond motifs is 5. The first-order chi connectivity index (χ1) is 19.9. The Morgan fingerprint density at radius 3 is 2.78 bits per heavy atom. The van der Waals surface area contributed by atoms with Gasteiger partial charge in [-0.3, -0.25) is 4.90 Å². The molecular weight excluding hydrogens is 526 g/mol. The van der Waals surface area contributed by atoms with E-state index in [0.717, 1.165) is 62.2 Å². The van der Waals surface area contributed by atoms with Crippen LogP contribution in [0.1, 0.15) is 32.1 Å².